The largest absolute Gasteiger partial charge is 0.441 e. The van der Waals surface area contributed by atoms with Crippen molar-refractivity contribution in [2.75, 3.05) is 18.5 Å². The summed E-state index contributed by atoms with van der Waals surface area (Å²) in [5.74, 6) is 0. The molecule has 0 unspecified atom stereocenters. The van der Waals surface area contributed by atoms with Gasteiger partial charge in [0.05, 0.1) is 24.9 Å². The Kier molecular flexibility index (Phi) is 6.10. The Labute approximate surface area is 191 Å². The molecule has 0 radical (unpaired) electrons. The summed E-state index contributed by atoms with van der Waals surface area (Å²) < 4.78 is 17.2. The quantitative estimate of drug-likeness (QED) is 0.557. The number of nitrogens with one attached hydrogen (secondary N) is 3. The van der Waals surface area contributed by atoms with Crippen LogP contribution in [0.25, 0.3) is 10.8 Å². The number of anilines is 1. The fourth-order valence-electron chi connectivity index (χ4n) is 4.30. The van der Waals surface area contributed by atoms with Crippen LogP contribution >= 0.6 is 0 Å². The summed E-state index contributed by atoms with van der Waals surface area (Å²) in [7, 11) is 0. The maximum atomic E-state index is 12.6. The van der Waals surface area contributed by atoms with E-state index in [1.807, 2.05) is 72.8 Å². The second kappa shape index (κ2) is 9.48. The second-order valence-electron chi connectivity index (χ2n) is 8.11. The van der Waals surface area contributed by atoms with E-state index in [0.29, 0.717) is 18.8 Å². The molecule has 3 N–H and O–H groups in total. The first kappa shape index (κ1) is 21.2. The molecule has 0 saturated carbocycles. The van der Waals surface area contributed by atoms with Crippen LogP contribution in [0.1, 0.15) is 5.56 Å². The predicted octanol–water partition coefficient (Wildman–Crippen LogP) is 3.42. The first-order valence-electron chi connectivity index (χ1n) is 10.9. The molecular formula is C25H25N3O5. The van der Waals surface area contributed by atoms with Crippen molar-refractivity contribution in [1.29, 1.82) is 0 Å². The highest BCUT2D eigenvalue weighted by Crippen LogP contribution is 2.30. The first-order valence-corrected chi connectivity index (χ1v) is 10.9. The molecule has 3 aromatic carbocycles. The van der Waals surface area contributed by atoms with Crippen LogP contribution in [0.5, 0.6) is 0 Å². The van der Waals surface area contributed by atoms with Crippen LogP contribution < -0.4 is 16.0 Å². The van der Waals surface area contributed by atoms with E-state index in [2.05, 4.69) is 16.0 Å². The van der Waals surface area contributed by atoms with Crippen molar-refractivity contribution in [2.24, 2.45) is 0 Å². The molecule has 5 rings (SSSR count). The van der Waals surface area contributed by atoms with Gasteiger partial charge in [0.15, 0.2) is 6.10 Å². The maximum absolute atomic E-state index is 12.6. The summed E-state index contributed by atoms with van der Waals surface area (Å²) in [6, 6.07) is 22.5. The minimum Gasteiger partial charge on any atom is -0.441 e. The topological polar surface area (TPSA) is 97.9 Å². The number of benzene rings is 3. The molecule has 170 valence electrons. The Balaban J connectivity index is 1.13. The fourth-order valence-corrected chi connectivity index (χ4v) is 4.30. The average Bonchev–Trinajstić information content (AvgIpc) is 3.42. The molecule has 2 aliphatic heterocycles. The zero-order chi connectivity index (χ0) is 22.6. The summed E-state index contributed by atoms with van der Waals surface area (Å²) in [6.45, 7) is 0.927. The normalized spacial score (nSPS) is 23.6. The monoisotopic (exact) mass is 447 g/mol. The van der Waals surface area contributed by atoms with Crippen molar-refractivity contribution in [3.63, 3.8) is 0 Å². The molecule has 0 spiro atoms. The minimum atomic E-state index is -0.568. The Bertz CT molecular complexity index is 1130. The van der Waals surface area contributed by atoms with Gasteiger partial charge in [-0.05, 0) is 17.0 Å². The highest BCUT2D eigenvalue weighted by Gasteiger charge is 2.50. The fraction of sp³-hybridized carbons (Fsp3) is 0.280. The van der Waals surface area contributed by atoms with Crippen LogP contribution in [0.2, 0.25) is 0 Å². The lowest BCUT2D eigenvalue weighted by Gasteiger charge is -2.18. The maximum Gasteiger partial charge on any atom is 0.412 e. The lowest BCUT2D eigenvalue weighted by molar-refractivity contribution is 0.00872. The smallest absolute Gasteiger partial charge is 0.412 e. The van der Waals surface area contributed by atoms with Crippen LogP contribution in [-0.2, 0) is 20.8 Å². The SMILES string of the molecule is O=C(NCc1ccccc1)N[C@@H]1CO[C@@H]2[C@@H]1OC[C@H]2OC(=O)Nc1cccc2ccccc12. The van der Waals surface area contributed by atoms with Crippen molar-refractivity contribution < 1.29 is 23.8 Å². The number of carbonyl (C=O) groups excluding carboxylic acids is 2. The summed E-state index contributed by atoms with van der Waals surface area (Å²) in [5.41, 5.74) is 1.69. The number of hydrogen-bond donors (Lipinski definition) is 3. The van der Waals surface area contributed by atoms with Crippen LogP contribution in [-0.4, -0.2) is 49.7 Å². The number of urea groups is 1. The molecule has 2 saturated heterocycles. The van der Waals surface area contributed by atoms with Gasteiger partial charge < -0.3 is 24.8 Å². The summed E-state index contributed by atoms with van der Waals surface area (Å²) in [4.78, 5) is 24.9. The number of hydrogen-bond acceptors (Lipinski definition) is 5. The zero-order valence-corrected chi connectivity index (χ0v) is 17.9. The second-order valence-corrected chi connectivity index (χ2v) is 8.11. The van der Waals surface area contributed by atoms with Crippen molar-refractivity contribution in [1.82, 2.24) is 10.6 Å². The van der Waals surface area contributed by atoms with Crippen molar-refractivity contribution in [2.45, 2.75) is 30.9 Å². The molecule has 33 heavy (non-hydrogen) atoms. The predicted molar refractivity (Wildman–Crippen MR) is 123 cm³/mol. The molecule has 8 heteroatoms. The van der Waals surface area contributed by atoms with Gasteiger partial charge in [-0.1, -0.05) is 66.7 Å². The minimum absolute atomic E-state index is 0.210. The van der Waals surface area contributed by atoms with E-state index in [0.717, 1.165) is 16.3 Å². The summed E-state index contributed by atoms with van der Waals surface area (Å²) in [5, 5.41) is 10.5. The summed E-state index contributed by atoms with van der Waals surface area (Å²) >= 11 is 0. The molecule has 0 aromatic heterocycles. The van der Waals surface area contributed by atoms with Gasteiger partial charge in [0, 0.05) is 11.9 Å². The van der Waals surface area contributed by atoms with Gasteiger partial charge in [-0.25, -0.2) is 9.59 Å². The summed E-state index contributed by atoms with van der Waals surface area (Å²) in [6.07, 6.45) is -1.92. The van der Waals surface area contributed by atoms with Crippen molar-refractivity contribution in [3.8, 4) is 0 Å². The van der Waals surface area contributed by atoms with Crippen LogP contribution in [0, 0.1) is 0 Å². The average molecular weight is 447 g/mol. The third-order valence-corrected chi connectivity index (χ3v) is 5.91. The van der Waals surface area contributed by atoms with Gasteiger partial charge in [0.2, 0.25) is 0 Å². The molecule has 0 bridgehead atoms. The van der Waals surface area contributed by atoms with E-state index in [1.54, 1.807) is 0 Å². The number of rotatable bonds is 5. The van der Waals surface area contributed by atoms with Gasteiger partial charge in [0.25, 0.3) is 0 Å². The Morgan fingerprint density at radius 2 is 1.64 bits per heavy atom. The highest BCUT2D eigenvalue weighted by molar-refractivity contribution is 6.00. The third kappa shape index (κ3) is 4.76. The molecule has 2 aliphatic rings. The van der Waals surface area contributed by atoms with Gasteiger partial charge in [-0.2, -0.15) is 0 Å². The van der Waals surface area contributed by atoms with E-state index >= 15 is 0 Å². The van der Waals surface area contributed by atoms with Crippen LogP contribution in [0.3, 0.4) is 0 Å². The van der Waals surface area contributed by atoms with E-state index in [4.69, 9.17) is 14.2 Å². The Morgan fingerprint density at radius 1 is 0.879 bits per heavy atom. The van der Waals surface area contributed by atoms with Gasteiger partial charge in [0.1, 0.15) is 12.2 Å². The lowest BCUT2D eigenvalue weighted by atomic mass is 10.1. The van der Waals surface area contributed by atoms with Gasteiger partial charge >= 0.3 is 12.1 Å². The molecule has 8 nitrogen and oxygen atoms in total. The Morgan fingerprint density at radius 3 is 2.52 bits per heavy atom. The molecule has 3 amide bonds. The van der Waals surface area contributed by atoms with E-state index in [-0.39, 0.29) is 24.8 Å². The van der Waals surface area contributed by atoms with E-state index in [9.17, 15) is 9.59 Å². The van der Waals surface area contributed by atoms with E-state index in [1.165, 1.54) is 0 Å². The molecule has 3 aromatic rings. The molecule has 4 atom stereocenters. The standard InChI is InChI=1S/C25H25N3O5/c29-24(26-13-16-7-2-1-3-8-16)27-20-14-31-23-21(15-32-22(20)23)33-25(30)28-19-12-6-10-17-9-4-5-11-18(17)19/h1-12,20-23H,13-15H2,(H,28,30)(H2,26,27,29)/t20-,21-,22-,23+/m1/s1. The molecule has 2 fully saturated rings. The molecule has 2 heterocycles. The molecular weight excluding hydrogens is 422 g/mol. The van der Waals surface area contributed by atoms with Gasteiger partial charge in [-0.3, -0.25) is 5.32 Å². The zero-order valence-electron chi connectivity index (χ0n) is 17.9. The number of carbonyl (C=O) groups is 2. The number of fused-ring (bicyclic) bond motifs is 2. The highest BCUT2D eigenvalue weighted by atomic mass is 16.6. The lowest BCUT2D eigenvalue weighted by Crippen LogP contribution is -2.48. The van der Waals surface area contributed by atoms with Crippen molar-refractivity contribution in [3.05, 3.63) is 78.4 Å². The third-order valence-electron chi connectivity index (χ3n) is 5.91. The van der Waals surface area contributed by atoms with Crippen LogP contribution in [0.4, 0.5) is 15.3 Å². The first-order chi connectivity index (χ1) is 16.2. The van der Waals surface area contributed by atoms with E-state index < -0.39 is 18.3 Å². The Hall–Kier alpha value is -3.62. The van der Waals surface area contributed by atoms with Crippen LogP contribution in [0.15, 0.2) is 72.8 Å². The van der Waals surface area contributed by atoms with Crippen molar-refractivity contribution >= 4 is 28.6 Å². The molecule has 0 aliphatic carbocycles. The number of ether oxygens (including phenoxy) is 3. The number of amides is 3. The van der Waals surface area contributed by atoms with Gasteiger partial charge in [-0.15, -0.1) is 0 Å².